The summed E-state index contributed by atoms with van der Waals surface area (Å²) in [5, 5.41) is 5.71. The van der Waals surface area contributed by atoms with Gasteiger partial charge in [-0.25, -0.2) is 9.78 Å². The number of amides is 5. The van der Waals surface area contributed by atoms with Crippen LogP contribution in [-0.2, 0) is 14.4 Å². The predicted octanol–water partition coefficient (Wildman–Crippen LogP) is 2.79. The summed E-state index contributed by atoms with van der Waals surface area (Å²) < 4.78 is 0. The van der Waals surface area contributed by atoms with Gasteiger partial charge in [-0.2, -0.15) is 0 Å². The quantitative estimate of drug-likeness (QED) is 0.659. The summed E-state index contributed by atoms with van der Waals surface area (Å²) in [7, 11) is 0. The van der Waals surface area contributed by atoms with E-state index in [1.165, 1.54) is 0 Å². The van der Waals surface area contributed by atoms with Gasteiger partial charge < -0.3 is 15.5 Å². The molecule has 3 heterocycles. The van der Waals surface area contributed by atoms with Crippen molar-refractivity contribution in [2.24, 2.45) is 17.3 Å². The number of carbonyl (C=O) groups is 4. The highest BCUT2D eigenvalue weighted by Gasteiger charge is 2.53. The van der Waals surface area contributed by atoms with Gasteiger partial charge in [0.25, 0.3) is 5.91 Å². The molecule has 34 heavy (non-hydrogen) atoms. The van der Waals surface area contributed by atoms with Gasteiger partial charge in [-0.15, -0.1) is 0 Å². The molecule has 0 radical (unpaired) electrons. The molecule has 1 saturated carbocycles. The van der Waals surface area contributed by atoms with Crippen LogP contribution < -0.4 is 10.6 Å². The minimum atomic E-state index is -0.865. The van der Waals surface area contributed by atoms with E-state index in [0.717, 1.165) is 17.7 Å². The van der Waals surface area contributed by atoms with Crippen LogP contribution in [0.4, 0.5) is 10.6 Å². The summed E-state index contributed by atoms with van der Waals surface area (Å²) in [5.41, 5.74) is -0.695. The van der Waals surface area contributed by atoms with Crippen LogP contribution in [0.1, 0.15) is 59.3 Å². The van der Waals surface area contributed by atoms with Gasteiger partial charge in [0.15, 0.2) is 0 Å². The first-order chi connectivity index (χ1) is 16.1. The lowest BCUT2D eigenvalue weighted by molar-refractivity contribution is -0.141. The first-order valence-electron chi connectivity index (χ1n) is 12.2. The Hall–Kier alpha value is -2.97. The number of carbonyl (C=O) groups excluding carboxylic acids is 4. The average Bonchev–Trinajstić information content (AvgIpc) is 3.03. The normalized spacial score (nSPS) is 26.0. The number of nitrogens with one attached hydrogen (secondary N) is 2. The summed E-state index contributed by atoms with van der Waals surface area (Å²) in [6.07, 6.45) is 5.66. The Morgan fingerprint density at radius 1 is 1.12 bits per heavy atom. The third-order valence-electron chi connectivity index (χ3n) is 7.74. The number of piperidine rings is 1. The van der Waals surface area contributed by atoms with Crippen molar-refractivity contribution >= 4 is 29.6 Å². The van der Waals surface area contributed by atoms with Crippen molar-refractivity contribution in [2.75, 3.05) is 25.0 Å². The summed E-state index contributed by atoms with van der Waals surface area (Å²) in [6, 6.07) is 4.85. The van der Waals surface area contributed by atoms with E-state index >= 15 is 0 Å². The number of rotatable bonds is 4. The number of aromatic nitrogens is 1. The molecule has 1 aromatic rings. The first kappa shape index (κ1) is 24.2. The van der Waals surface area contributed by atoms with Crippen molar-refractivity contribution in [2.45, 2.75) is 64.8 Å². The van der Waals surface area contributed by atoms with Crippen LogP contribution in [0.25, 0.3) is 0 Å². The number of hydrogen-bond donors (Lipinski definition) is 2. The SMILES string of the molecule is CC(C)(C)C1CCC2(CC1)NC(=O)N(CC(=O)N1CCC(C(=O)Nc3ccccn3)CC1)C2=O. The minimum absolute atomic E-state index is 0.104. The molecule has 184 valence electrons. The first-order valence-corrected chi connectivity index (χ1v) is 12.2. The molecule has 1 spiro atoms. The number of nitrogens with zero attached hydrogens (tertiary/aromatic N) is 3. The minimum Gasteiger partial charge on any atom is -0.341 e. The van der Waals surface area contributed by atoms with Crippen molar-refractivity contribution in [3.63, 3.8) is 0 Å². The van der Waals surface area contributed by atoms with Crippen molar-refractivity contribution < 1.29 is 19.2 Å². The second-order valence-electron chi connectivity index (χ2n) is 10.9. The molecule has 2 aliphatic heterocycles. The molecular formula is C25H35N5O4. The van der Waals surface area contributed by atoms with Crippen LogP contribution in [0.3, 0.4) is 0 Å². The van der Waals surface area contributed by atoms with Crippen LogP contribution in [-0.4, -0.2) is 63.7 Å². The van der Waals surface area contributed by atoms with Crippen LogP contribution in [0.15, 0.2) is 24.4 Å². The van der Waals surface area contributed by atoms with Gasteiger partial charge in [0.2, 0.25) is 11.8 Å². The van der Waals surface area contributed by atoms with Gasteiger partial charge in [0.05, 0.1) is 0 Å². The lowest BCUT2D eigenvalue weighted by atomic mass is 9.67. The number of imide groups is 1. The molecular weight excluding hydrogens is 434 g/mol. The zero-order valence-corrected chi connectivity index (χ0v) is 20.3. The van der Waals surface area contributed by atoms with Crippen molar-refractivity contribution in [3.05, 3.63) is 24.4 Å². The Balaban J connectivity index is 1.28. The Kier molecular flexibility index (Phi) is 6.64. The maximum atomic E-state index is 13.2. The Morgan fingerprint density at radius 3 is 2.38 bits per heavy atom. The van der Waals surface area contributed by atoms with E-state index in [4.69, 9.17) is 0 Å². The molecule has 1 aliphatic carbocycles. The number of urea groups is 1. The fourth-order valence-electron chi connectivity index (χ4n) is 5.43. The maximum Gasteiger partial charge on any atom is 0.325 e. The van der Waals surface area contributed by atoms with Gasteiger partial charge in [-0.1, -0.05) is 26.8 Å². The van der Waals surface area contributed by atoms with Crippen molar-refractivity contribution in [3.8, 4) is 0 Å². The largest absolute Gasteiger partial charge is 0.341 e. The summed E-state index contributed by atoms with van der Waals surface area (Å²) in [5.74, 6) is 0.178. The molecule has 3 fully saturated rings. The summed E-state index contributed by atoms with van der Waals surface area (Å²) in [4.78, 5) is 58.1. The summed E-state index contributed by atoms with van der Waals surface area (Å²) in [6.45, 7) is 7.21. The second-order valence-corrected chi connectivity index (χ2v) is 10.9. The highest BCUT2D eigenvalue weighted by Crippen LogP contribution is 2.43. The van der Waals surface area contributed by atoms with E-state index < -0.39 is 11.6 Å². The van der Waals surface area contributed by atoms with Gasteiger partial charge >= 0.3 is 6.03 Å². The third kappa shape index (κ3) is 4.93. The highest BCUT2D eigenvalue weighted by molar-refractivity contribution is 6.09. The van der Waals surface area contributed by atoms with E-state index in [9.17, 15) is 19.2 Å². The number of hydrogen-bond acceptors (Lipinski definition) is 5. The van der Waals surface area contributed by atoms with Gasteiger partial charge in [-0.05, 0) is 62.0 Å². The van der Waals surface area contributed by atoms with Crippen LogP contribution in [0.2, 0.25) is 0 Å². The third-order valence-corrected chi connectivity index (χ3v) is 7.74. The highest BCUT2D eigenvalue weighted by atomic mass is 16.2. The van der Waals surface area contributed by atoms with E-state index in [-0.39, 0.29) is 35.6 Å². The van der Waals surface area contributed by atoms with Crippen LogP contribution in [0, 0.1) is 17.3 Å². The molecule has 5 amide bonds. The molecule has 9 nitrogen and oxygen atoms in total. The topological polar surface area (TPSA) is 112 Å². The van der Waals surface area contributed by atoms with E-state index in [2.05, 4.69) is 36.4 Å². The lowest BCUT2D eigenvalue weighted by Gasteiger charge is -2.40. The number of pyridine rings is 1. The van der Waals surface area contributed by atoms with Crippen LogP contribution in [0.5, 0.6) is 0 Å². The Labute approximate surface area is 200 Å². The number of likely N-dealkylation sites (tertiary alicyclic amines) is 1. The number of anilines is 1. The molecule has 2 saturated heterocycles. The molecule has 9 heteroatoms. The van der Waals surface area contributed by atoms with E-state index in [0.29, 0.717) is 50.5 Å². The fraction of sp³-hybridized carbons (Fsp3) is 0.640. The Bertz CT molecular complexity index is 942. The smallest absolute Gasteiger partial charge is 0.325 e. The maximum absolute atomic E-state index is 13.2. The molecule has 2 N–H and O–H groups in total. The zero-order chi connectivity index (χ0) is 24.5. The second kappa shape index (κ2) is 9.35. The van der Waals surface area contributed by atoms with Gasteiger partial charge in [-0.3, -0.25) is 19.3 Å². The van der Waals surface area contributed by atoms with Crippen molar-refractivity contribution in [1.82, 2.24) is 20.1 Å². The molecule has 3 aliphatic rings. The summed E-state index contributed by atoms with van der Waals surface area (Å²) >= 11 is 0. The monoisotopic (exact) mass is 469 g/mol. The fourth-order valence-corrected chi connectivity index (χ4v) is 5.43. The van der Waals surface area contributed by atoms with E-state index in [1.54, 1.807) is 29.3 Å². The Morgan fingerprint density at radius 2 is 1.79 bits per heavy atom. The van der Waals surface area contributed by atoms with E-state index in [1.807, 2.05) is 0 Å². The molecule has 1 aromatic heterocycles. The van der Waals surface area contributed by atoms with Gasteiger partial charge in [0, 0.05) is 25.2 Å². The predicted molar refractivity (Wildman–Crippen MR) is 127 cm³/mol. The standard InChI is InChI=1S/C25H35N5O4/c1-24(2,3)18-7-11-25(12-8-18)22(33)30(23(34)28-25)16-20(31)29-14-9-17(10-15-29)21(32)27-19-6-4-5-13-26-19/h4-6,13,17-18H,7-12,14-16H2,1-3H3,(H,28,34)(H,26,27,32). The molecule has 0 atom stereocenters. The molecule has 0 unspecified atom stereocenters. The van der Waals surface area contributed by atoms with Crippen molar-refractivity contribution in [1.29, 1.82) is 0 Å². The lowest BCUT2D eigenvalue weighted by Crippen LogP contribution is -2.51. The molecule has 0 bridgehead atoms. The van der Waals surface area contributed by atoms with Gasteiger partial charge in [0.1, 0.15) is 17.9 Å². The molecule has 0 aromatic carbocycles. The molecule has 4 rings (SSSR count). The zero-order valence-electron chi connectivity index (χ0n) is 20.3. The van der Waals surface area contributed by atoms with Crippen LogP contribution >= 0.6 is 0 Å². The average molecular weight is 470 g/mol.